The Bertz CT molecular complexity index is 690. The van der Waals surface area contributed by atoms with Gasteiger partial charge < -0.3 is 20.3 Å². The topological polar surface area (TPSA) is 99.1 Å². The van der Waals surface area contributed by atoms with E-state index in [1.807, 2.05) is 12.1 Å². The Hall–Kier alpha value is -1.41. The third-order valence-electron chi connectivity index (χ3n) is 4.26. The fraction of sp³-hybridized carbons (Fsp3) is 0.588. The van der Waals surface area contributed by atoms with E-state index in [4.69, 9.17) is 15.0 Å². The highest BCUT2D eigenvalue weighted by atomic mass is 35.5. The van der Waals surface area contributed by atoms with Crippen molar-refractivity contribution in [2.24, 2.45) is 5.73 Å². The number of hydrogen-bond donors (Lipinski definition) is 2. The van der Waals surface area contributed by atoms with Gasteiger partial charge in [0.25, 0.3) is 0 Å². The van der Waals surface area contributed by atoms with Crippen LogP contribution < -0.4 is 11.1 Å². The van der Waals surface area contributed by atoms with Crippen molar-refractivity contribution in [2.45, 2.75) is 57.7 Å². The maximum Gasteiger partial charge on any atom is 0.156 e. The standard InChI is InChI=1S/C17H25N5O2.2ClH/c1-10(2)15-6-13(22-24-15)8-19-16-7-14(11-4-12(18)5-11)20-17(21-16)9-23-3;;/h6-7,10-12H,4-5,8-9,18H2,1-3H3,(H,19,20,21);2*1H. The zero-order valence-corrected chi connectivity index (χ0v) is 16.9. The predicted octanol–water partition coefficient (Wildman–Crippen LogP) is 3.39. The second kappa shape index (κ2) is 10.1. The Kier molecular flexibility index (Phi) is 8.76. The highest BCUT2D eigenvalue weighted by Crippen LogP contribution is 2.35. The minimum Gasteiger partial charge on any atom is -0.377 e. The number of hydrogen-bond acceptors (Lipinski definition) is 7. The van der Waals surface area contributed by atoms with E-state index in [0.29, 0.717) is 30.8 Å². The molecule has 2 aromatic heterocycles. The highest BCUT2D eigenvalue weighted by molar-refractivity contribution is 5.85. The SMILES string of the molecule is COCc1nc(NCc2cc(C(C)C)on2)cc(C2CC(N)C2)n1.Cl.Cl. The summed E-state index contributed by atoms with van der Waals surface area (Å²) in [6.45, 7) is 5.11. The van der Waals surface area contributed by atoms with Crippen LogP contribution in [0.5, 0.6) is 0 Å². The van der Waals surface area contributed by atoms with Crippen LogP contribution in [0.4, 0.5) is 5.82 Å². The molecule has 0 atom stereocenters. The average molecular weight is 404 g/mol. The maximum absolute atomic E-state index is 5.90. The van der Waals surface area contributed by atoms with Crippen molar-refractivity contribution in [3.63, 3.8) is 0 Å². The molecule has 0 unspecified atom stereocenters. The quantitative estimate of drug-likeness (QED) is 0.730. The lowest BCUT2D eigenvalue weighted by Gasteiger charge is -2.32. The first-order chi connectivity index (χ1) is 11.5. The molecule has 0 bridgehead atoms. The molecule has 26 heavy (non-hydrogen) atoms. The van der Waals surface area contributed by atoms with Crippen LogP contribution in [0.1, 0.15) is 61.5 Å². The number of aromatic nitrogens is 3. The minimum absolute atomic E-state index is 0. The van der Waals surface area contributed by atoms with Gasteiger partial charge in [-0.2, -0.15) is 0 Å². The molecule has 2 aromatic rings. The van der Waals surface area contributed by atoms with E-state index in [0.717, 1.165) is 35.8 Å². The van der Waals surface area contributed by atoms with E-state index < -0.39 is 0 Å². The largest absolute Gasteiger partial charge is 0.377 e. The molecule has 3 N–H and O–H groups in total. The number of rotatable bonds is 7. The predicted molar refractivity (Wildman–Crippen MR) is 105 cm³/mol. The molecule has 0 amide bonds. The number of ether oxygens (including phenoxy) is 1. The van der Waals surface area contributed by atoms with Crippen LogP contribution in [-0.4, -0.2) is 28.3 Å². The Morgan fingerprint density at radius 3 is 2.58 bits per heavy atom. The van der Waals surface area contributed by atoms with Gasteiger partial charge in [-0.15, -0.1) is 24.8 Å². The number of nitrogens with two attached hydrogens (primary N) is 1. The monoisotopic (exact) mass is 403 g/mol. The van der Waals surface area contributed by atoms with Crippen molar-refractivity contribution in [3.8, 4) is 0 Å². The molecule has 146 valence electrons. The van der Waals surface area contributed by atoms with Crippen LogP contribution in [0, 0.1) is 0 Å². The summed E-state index contributed by atoms with van der Waals surface area (Å²) in [5.41, 5.74) is 7.79. The summed E-state index contributed by atoms with van der Waals surface area (Å²) >= 11 is 0. The van der Waals surface area contributed by atoms with Crippen molar-refractivity contribution in [1.82, 2.24) is 15.1 Å². The number of nitrogens with one attached hydrogen (secondary N) is 1. The van der Waals surface area contributed by atoms with Crippen molar-refractivity contribution in [3.05, 3.63) is 35.1 Å². The van der Waals surface area contributed by atoms with E-state index in [1.54, 1.807) is 7.11 Å². The third-order valence-corrected chi connectivity index (χ3v) is 4.26. The van der Waals surface area contributed by atoms with Gasteiger partial charge in [-0.05, 0) is 12.8 Å². The van der Waals surface area contributed by atoms with Crippen LogP contribution in [0.2, 0.25) is 0 Å². The second-order valence-electron chi connectivity index (χ2n) is 6.68. The molecule has 3 rings (SSSR count). The first-order valence-electron chi connectivity index (χ1n) is 8.37. The average Bonchev–Trinajstić information content (AvgIpc) is 2.99. The van der Waals surface area contributed by atoms with Gasteiger partial charge in [0.15, 0.2) is 5.82 Å². The fourth-order valence-corrected chi connectivity index (χ4v) is 2.78. The summed E-state index contributed by atoms with van der Waals surface area (Å²) in [7, 11) is 1.64. The van der Waals surface area contributed by atoms with Crippen LogP contribution in [0.25, 0.3) is 0 Å². The maximum atomic E-state index is 5.90. The summed E-state index contributed by atoms with van der Waals surface area (Å²) in [5.74, 6) is 3.09. The van der Waals surface area contributed by atoms with E-state index >= 15 is 0 Å². The first kappa shape index (κ1) is 22.6. The molecule has 9 heteroatoms. The molecular weight excluding hydrogens is 377 g/mol. The van der Waals surface area contributed by atoms with E-state index in [1.165, 1.54) is 0 Å². The molecule has 7 nitrogen and oxygen atoms in total. The summed E-state index contributed by atoms with van der Waals surface area (Å²) in [4.78, 5) is 9.10. The Labute approximate surface area is 166 Å². The van der Waals surface area contributed by atoms with E-state index in [-0.39, 0.29) is 30.9 Å². The van der Waals surface area contributed by atoms with Crippen molar-refractivity contribution in [1.29, 1.82) is 0 Å². The minimum atomic E-state index is 0. The summed E-state index contributed by atoms with van der Waals surface area (Å²) in [5, 5.41) is 7.39. The number of nitrogens with zero attached hydrogens (tertiary/aromatic N) is 3. The number of methoxy groups -OCH3 is 1. The Morgan fingerprint density at radius 1 is 1.27 bits per heavy atom. The molecule has 0 aromatic carbocycles. The fourth-order valence-electron chi connectivity index (χ4n) is 2.78. The van der Waals surface area contributed by atoms with Gasteiger partial charge >= 0.3 is 0 Å². The molecule has 2 heterocycles. The van der Waals surface area contributed by atoms with Gasteiger partial charge in [0.1, 0.15) is 23.9 Å². The second-order valence-corrected chi connectivity index (χ2v) is 6.68. The lowest BCUT2D eigenvalue weighted by Crippen LogP contribution is -2.35. The van der Waals surface area contributed by atoms with Crippen molar-refractivity contribution >= 4 is 30.6 Å². The van der Waals surface area contributed by atoms with Gasteiger partial charge in [0.2, 0.25) is 0 Å². The molecular formula is C17H27Cl2N5O2. The molecule has 1 aliphatic rings. The highest BCUT2D eigenvalue weighted by Gasteiger charge is 2.29. The van der Waals surface area contributed by atoms with Gasteiger partial charge in [-0.1, -0.05) is 19.0 Å². The van der Waals surface area contributed by atoms with Crippen molar-refractivity contribution < 1.29 is 9.26 Å². The Morgan fingerprint density at radius 2 is 2.00 bits per heavy atom. The lowest BCUT2D eigenvalue weighted by atomic mass is 9.78. The summed E-state index contributed by atoms with van der Waals surface area (Å²) in [6, 6.07) is 4.26. The lowest BCUT2D eigenvalue weighted by molar-refractivity contribution is 0.177. The van der Waals surface area contributed by atoms with E-state index in [2.05, 4.69) is 34.3 Å². The zero-order valence-electron chi connectivity index (χ0n) is 15.3. The zero-order chi connectivity index (χ0) is 17.1. The van der Waals surface area contributed by atoms with Crippen LogP contribution in [0.3, 0.4) is 0 Å². The normalized spacial score (nSPS) is 18.7. The Balaban J connectivity index is 0.00000169. The van der Waals surface area contributed by atoms with E-state index in [9.17, 15) is 0 Å². The van der Waals surface area contributed by atoms with Gasteiger partial charge in [0.05, 0.1) is 6.54 Å². The molecule has 0 radical (unpaired) electrons. The van der Waals surface area contributed by atoms with Crippen molar-refractivity contribution in [2.75, 3.05) is 12.4 Å². The van der Waals surface area contributed by atoms with Gasteiger partial charge in [-0.3, -0.25) is 0 Å². The summed E-state index contributed by atoms with van der Waals surface area (Å²) in [6.07, 6.45) is 1.95. The molecule has 0 spiro atoms. The number of halogens is 2. The summed E-state index contributed by atoms with van der Waals surface area (Å²) < 4.78 is 10.5. The van der Waals surface area contributed by atoms with Gasteiger partial charge in [-0.25, -0.2) is 9.97 Å². The molecule has 1 fully saturated rings. The molecule has 0 saturated heterocycles. The number of anilines is 1. The smallest absolute Gasteiger partial charge is 0.156 e. The molecule has 1 aliphatic carbocycles. The van der Waals surface area contributed by atoms with Gasteiger partial charge in [0, 0.05) is 42.8 Å². The molecule has 1 saturated carbocycles. The molecule has 0 aliphatic heterocycles. The van der Waals surface area contributed by atoms with Crippen LogP contribution in [0.15, 0.2) is 16.7 Å². The first-order valence-corrected chi connectivity index (χ1v) is 8.37. The van der Waals surface area contributed by atoms with Crippen LogP contribution in [-0.2, 0) is 17.9 Å². The third kappa shape index (κ3) is 5.54. The van der Waals surface area contributed by atoms with Crippen LogP contribution >= 0.6 is 24.8 Å².